The molecule has 0 fully saturated rings. The van der Waals surface area contributed by atoms with Gasteiger partial charge in [0.25, 0.3) is 5.91 Å². The zero-order valence-corrected chi connectivity index (χ0v) is 24.6. The molecule has 214 valence electrons. The van der Waals surface area contributed by atoms with Gasteiger partial charge in [-0.3, -0.25) is 19.1 Å². The molecule has 0 aliphatic heterocycles. The van der Waals surface area contributed by atoms with Crippen LogP contribution in [0.4, 0.5) is 17.1 Å². The minimum absolute atomic E-state index is 0.00502. The third-order valence-electron chi connectivity index (χ3n) is 5.19. The molecule has 2 amide bonds. The number of carbonyl (C=O) groups excluding carboxylic acids is 3. The molecule has 4 N–H and O–H groups in total. The van der Waals surface area contributed by atoms with Gasteiger partial charge in [-0.15, -0.1) is 0 Å². The summed E-state index contributed by atoms with van der Waals surface area (Å²) in [5.41, 5.74) is -0.807. The summed E-state index contributed by atoms with van der Waals surface area (Å²) in [5.74, 6) is -2.42. The summed E-state index contributed by atoms with van der Waals surface area (Å²) in [7, 11) is -6.28. The zero-order chi connectivity index (χ0) is 29.8. The molecule has 0 aliphatic carbocycles. The van der Waals surface area contributed by atoms with Crippen LogP contribution in [0.15, 0.2) is 41.3 Å². The minimum Gasteiger partial charge on any atom is -0.471 e. The van der Waals surface area contributed by atoms with Crippen molar-refractivity contribution < 1.29 is 36.0 Å². The summed E-state index contributed by atoms with van der Waals surface area (Å²) in [5, 5.41) is 5.03. The van der Waals surface area contributed by atoms with Crippen LogP contribution in [0.1, 0.15) is 34.6 Å². The summed E-state index contributed by atoms with van der Waals surface area (Å²) in [6.07, 6.45) is -1.74. The predicted octanol–water partition coefficient (Wildman–Crippen LogP) is 2.97. The van der Waals surface area contributed by atoms with E-state index in [0.717, 1.165) is 13.0 Å². The molecule has 1 atom stereocenters. The Hall–Kier alpha value is -3.20. The van der Waals surface area contributed by atoms with Gasteiger partial charge in [0.05, 0.1) is 32.7 Å². The van der Waals surface area contributed by atoms with Crippen molar-refractivity contribution in [2.75, 3.05) is 28.2 Å². The minimum atomic E-state index is -3.85. The molecule has 2 rings (SSSR count). The Morgan fingerprint density at radius 3 is 2.15 bits per heavy atom. The molecule has 0 aliphatic rings. The summed E-state index contributed by atoms with van der Waals surface area (Å²) < 4.78 is 58.5. The van der Waals surface area contributed by atoms with Crippen molar-refractivity contribution >= 4 is 66.3 Å². The van der Waals surface area contributed by atoms with Crippen molar-refractivity contribution in [3.05, 3.63) is 41.4 Å². The molecule has 1 unspecified atom stereocenters. The fraction of sp³-hybridized carbons (Fsp3) is 0.375. The number of rotatable bonds is 11. The number of amides is 2. The van der Waals surface area contributed by atoms with E-state index in [4.69, 9.17) is 16.3 Å². The Morgan fingerprint density at radius 2 is 1.62 bits per heavy atom. The lowest BCUT2D eigenvalue weighted by Crippen LogP contribution is -2.39. The Kier molecular flexibility index (Phi) is 10.1. The lowest BCUT2D eigenvalue weighted by Gasteiger charge is -2.22. The maximum Gasteiger partial charge on any atom is 0.273 e. The van der Waals surface area contributed by atoms with Gasteiger partial charge in [-0.2, -0.15) is 0 Å². The number of anilines is 3. The van der Waals surface area contributed by atoms with E-state index in [0.29, 0.717) is 0 Å². The molecular weight excluding hydrogens is 572 g/mol. The van der Waals surface area contributed by atoms with Gasteiger partial charge in [0.15, 0.2) is 5.78 Å². The number of carbonyl (C=O) groups is 3. The molecular formula is C24H31ClN4O8S2. The smallest absolute Gasteiger partial charge is 0.273 e. The first-order chi connectivity index (χ1) is 17.9. The molecule has 2 aromatic rings. The van der Waals surface area contributed by atoms with Crippen LogP contribution in [0.3, 0.4) is 0 Å². The third kappa shape index (κ3) is 8.65. The van der Waals surface area contributed by atoms with E-state index in [1.165, 1.54) is 44.3 Å². The quantitative estimate of drug-likeness (QED) is 0.284. The van der Waals surface area contributed by atoms with Crippen LogP contribution in [-0.4, -0.2) is 53.3 Å². The largest absolute Gasteiger partial charge is 0.471 e. The average molecular weight is 603 g/mol. The highest BCUT2D eigenvalue weighted by Crippen LogP contribution is 2.32. The first kappa shape index (κ1) is 32.0. The lowest BCUT2D eigenvalue weighted by atomic mass is 9.95. The molecule has 0 heterocycles. The van der Waals surface area contributed by atoms with E-state index in [1.54, 1.807) is 20.8 Å². The second-order valence-electron chi connectivity index (χ2n) is 9.37. The van der Waals surface area contributed by atoms with Gasteiger partial charge < -0.3 is 15.4 Å². The van der Waals surface area contributed by atoms with E-state index < -0.39 is 49.2 Å². The maximum atomic E-state index is 13.1. The van der Waals surface area contributed by atoms with Crippen LogP contribution >= 0.6 is 11.6 Å². The number of sulfonamides is 2. The van der Waals surface area contributed by atoms with Crippen molar-refractivity contribution in [1.82, 2.24) is 4.72 Å². The van der Waals surface area contributed by atoms with Crippen molar-refractivity contribution in [3.63, 3.8) is 0 Å². The standard InChI is InChI=1S/C24H31ClN4O8S2/c1-7-38(33,34)29-15-8-11-20(19(12-15)28-23(32)24(3,4)5)37-21(14(2)30)22(31)27-18-13-16(9-10-17(18)25)39(35,36)26-6/h8-13,21,26,29H,7H2,1-6H3,(H,27,31)(H,28,32). The van der Waals surface area contributed by atoms with E-state index in [-0.39, 0.29) is 38.5 Å². The Labute approximate surface area is 232 Å². The van der Waals surface area contributed by atoms with Crippen LogP contribution in [0.2, 0.25) is 5.02 Å². The first-order valence-corrected chi connectivity index (χ1v) is 15.1. The van der Waals surface area contributed by atoms with Gasteiger partial charge in [0.2, 0.25) is 32.1 Å². The van der Waals surface area contributed by atoms with Crippen LogP contribution in [0.25, 0.3) is 0 Å². The number of benzene rings is 2. The number of ketones is 1. The monoisotopic (exact) mass is 602 g/mol. The highest BCUT2D eigenvalue weighted by molar-refractivity contribution is 7.92. The molecule has 39 heavy (non-hydrogen) atoms. The van der Waals surface area contributed by atoms with Gasteiger partial charge in [0, 0.05) is 5.41 Å². The first-order valence-electron chi connectivity index (χ1n) is 11.6. The van der Waals surface area contributed by atoms with Gasteiger partial charge in [-0.05, 0) is 57.3 Å². The number of halogens is 1. The molecule has 0 spiro atoms. The lowest BCUT2D eigenvalue weighted by molar-refractivity contribution is -0.133. The maximum absolute atomic E-state index is 13.1. The van der Waals surface area contributed by atoms with Crippen molar-refractivity contribution in [2.24, 2.45) is 5.41 Å². The number of nitrogens with one attached hydrogen (secondary N) is 4. The molecule has 12 nitrogen and oxygen atoms in total. The topological polar surface area (TPSA) is 177 Å². The molecule has 0 saturated carbocycles. The van der Waals surface area contributed by atoms with E-state index in [1.807, 2.05) is 0 Å². The van der Waals surface area contributed by atoms with Gasteiger partial charge in [-0.25, -0.2) is 21.6 Å². The number of ether oxygens (including phenoxy) is 1. The highest BCUT2D eigenvalue weighted by atomic mass is 35.5. The second kappa shape index (κ2) is 12.3. The van der Waals surface area contributed by atoms with Gasteiger partial charge in [0.1, 0.15) is 5.75 Å². The molecule has 0 aromatic heterocycles. The fourth-order valence-corrected chi connectivity index (χ4v) is 4.44. The van der Waals surface area contributed by atoms with Crippen molar-refractivity contribution in [2.45, 2.75) is 45.6 Å². The summed E-state index contributed by atoms with van der Waals surface area (Å²) in [6, 6.07) is 7.55. The Bertz CT molecular complexity index is 1490. The average Bonchev–Trinajstić information content (AvgIpc) is 2.83. The van der Waals surface area contributed by atoms with Crippen LogP contribution in [-0.2, 0) is 34.4 Å². The van der Waals surface area contributed by atoms with E-state index >= 15 is 0 Å². The summed E-state index contributed by atoms with van der Waals surface area (Å²) in [6.45, 7) is 7.53. The molecule has 2 aromatic carbocycles. The predicted molar refractivity (Wildman–Crippen MR) is 149 cm³/mol. The number of Topliss-reactive ketones (excluding diaryl/α,β-unsaturated/α-hetero) is 1. The Morgan fingerprint density at radius 1 is 0.974 bits per heavy atom. The normalized spacial score (nSPS) is 12.8. The summed E-state index contributed by atoms with van der Waals surface area (Å²) >= 11 is 6.13. The number of hydrogen-bond donors (Lipinski definition) is 4. The van der Waals surface area contributed by atoms with Crippen molar-refractivity contribution in [3.8, 4) is 5.75 Å². The molecule has 15 heteroatoms. The zero-order valence-electron chi connectivity index (χ0n) is 22.2. The van der Waals surface area contributed by atoms with Crippen molar-refractivity contribution in [1.29, 1.82) is 0 Å². The van der Waals surface area contributed by atoms with E-state index in [9.17, 15) is 31.2 Å². The van der Waals surface area contributed by atoms with Crippen LogP contribution in [0.5, 0.6) is 5.75 Å². The third-order valence-corrected chi connectivity index (χ3v) is 8.24. The molecule has 0 radical (unpaired) electrons. The van der Waals surface area contributed by atoms with Gasteiger partial charge >= 0.3 is 0 Å². The fourth-order valence-electron chi connectivity index (χ4n) is 2.89. The SMILES string of the molecule is CCS(=O)(=O)Nc1ccc(OC(C(C)=O)C(=O)Nc2cc(S(=O)(=O)NC)ccc2Cl)c(NC(=O)C(C)(C)C)c1. The second-order valence-corrected chi connectivity index (χ2v) is 13.7. The number of hydrogen-bond acceptors (Lipinski definition) is 8. The highest BCUT2D eigenvalue weighted by Gasteiger charge is 2.29. The van der Waals surface area contributed by atoms with E-state index in [2.05, 4.69) is 20.1 Å². The van der Waals surface area contributed by atoms with Crippen LogP contribution in [0, 0.1) is 5.41 Å². The molecule has 0 saturated heterocycles. The summed E-state index contributed by atoms with van der Waals surface area (Å²) in [4.78, 5) is 38.0. The van der Waals surface area contributed by atoms with Gasteiger partial charge in [-0.1, -0.05) is 32.4 Å². The van der Waals surface area contributed by atoms with Crippen LogP contribution < -0.4 is 24.8 Å². The molecule has 0 bridgehead atoms. The Balaban J connectivity index is 2.46.